The number of rotatable bonds is 11. The highest BCUT2D eigenvalue weighted by Gasteiger charge is 2.26. The maximum atomic E-state index is 13.9. The van der Waals surface area contributed by atoms with Gasteiger partial charge in [-0.2, -0.15) is 22.0 Å². The molecule has 0 bridgehead atoms. The molecule has 10 heteroatoms. The zero-order chi connectivity index (χ0) is 31.0. The lowest BCUT2D eigenvalue weighted by atomic mass is 9.97. The van der Waals surface area contributed by atoms with Crippen molar-refractivity contribution in [3.8, 4) is 22.6 Å². The highest BCUT2D eigenvalue weighted by molar-refractivity contribution is 5.73. The molecule has 0 aliphatic heterocycles. The van der Waals surface area contributed by atoms with Gasteiger partial charge in [0.25, 0.3) is 5.56 Å². The Hall–Kier alpha value is -4.21. The van der Waals surface area contributed by atoms with Gasteiger partial charge >= 0.3 is 12.8 Å². The van der Waals surface area contributed by atoms with Crippen LogP contribution in [-0.2, 0) is 0 Å². The number of pyridine rings is 1. The van der Waals surface area contributed by atoms with Crippen LogP contribution in [0, 0.1) is 19.8 Å². The number of benzene rings is 2. The average molecular weight is 588 g/mol. The highest BCUT2D eigenvalue weighted by Crippen LogP contribution is 2.28. The standard InChI is InChI=1S/C32H34F5N3O2/c1-6-7-25(39-19-32(35,36)37)11-8-24-18-40(26-12-15-28(21(4)16-26)38-17-20(2)3)30(41)29(22(24)5)23-9-13-27(14-10-23)42-31(33)34/h7-18,20,31,39H,6,19H2,1-5H3/b11-8-,25-7-,38-17?. The predicted molar refractivity (Wildman–Crippen MR) is 158 cm³/mol. The maximum Gasteiger partial charge on any atom is 0.405 e. The normalized spacial score (nSPS) is 12.7. The van der Waals surface area contributed by atoms with Crippen LogP contribution >= 0.6 is 0 Å². The Labute approximate surface area is 242 Å². The summed E-state index contributed by atoms with van der Waals surface area (Å²) in [6, 6.07) is 11.1. The number of hydrogen-bond acceptors (Lipinski definition) is 4. The number of allylic oxidation sites excluding steroid dienone is 2. The Morgan fingerprint density at radius 1 is 1.10 bits per heavy atom. The average Bonchev–Trinajstić information content (AvgIpc) is 2.90. The lowest BCUT2D eigenvalue weighted by Gasteiger charge is -2.16. The van der Waals surface area contributed by atoms with E-state index in [9.17, 15) is 26.7 Å². The smallest absolute Gasteiger partial charge is 0.405 e. The Balaban J connectivity index is 2.17. The molecule has 42 heavy (non-hydrogen) atoms. The highest BCUT2D eigenvalue weighted by atomic mass is 19.4. The molecule has 3 rings (SSSR count). The first-order valence-electron chi connectivity index (χ1n) is 13.4. The van der Waals surface area contributed by atoms with Crippen molar-refractivity contribution >= 4 is 18.0 Å². The topological polar surface area (TPSA) is 55.6 Å². The quantitative estimate of drug-likeness (QED) is 0.139. The van der Waals surface area contributed by atoms with Crippen LogP contribution in [0.2, 0.25) is 0 Å². The summed E-state index contributed by atoms with van der Waals surface area (Å²) in [7, 11) is 0. The molecule has 1 heterocycles. The fourth-order valence-electron chi connectivity index (χ4n) is 4.19. The number of nitrogens with zero attached hydrogens (tertiary/aromatic N) is 2. The van der Waals surface area contributed by atoms with E-state index in [4.69, 9.17) is 0 Å². The molecule has 0 aliphatic carbocycles. The fourth-order valence-corrected chi connectivity index (χ4v) is 4.19. The lowest BCUT2D eigenvalue weighted by Crippen LogP contribution is -2.27. The van der Waals surface area contributed by atoms with Crippen molar-refractivity contribution in [3.63, 3.8) is 0 Å². The van der Waals surface area contributed by atoms with Gasteiger partial charge in [0.2, 0.25) is 0 Å². The fraction of sp³-hybridized carbons (Fsp3) is 0.312. The molecule has 0 unspecified atom stereocenters. The molecular formula is C32H34F5N3O2. The van der Waals surface area contributed by atoms with Crippen LogP contribution in [0.1, 0.15) is 43.9 Å². The molecule has 5 nitrogen and oxygen atoms in total. The van der Waals surface area contributed by atoms with Gasteiger partial charge < -0.3 is 10.1 Å². The number of nitrogens with one attached hydrogen (secondary N) is 1. The maximum absolute atomic E-state index is 13.9. The number of hydrogen-bond donors (Lipinski definition) is 1. The van der Waals surface area contributed by atoms with E-state index in [-0.39, 0.29) is 22.9 Å². The second-order valence-corrected chi connectivity index (χ2v) is 10.0. The van der Waals surface area contributed by atoms with Crippen molar-refractivity contribution in [1.82, 2.24) is 9.88 Å². The summed E-state index contributed by atoms with van der Waals surface area (Å²) in [5, 5.41) is 2.40. The molecule has 0 atom stereocenters. The molecule has 0 aliphatic rings. The molecule has 0 spiro atoms. The Morgan fingerprint density at radius 2 is 1.79 bits per heavy atom. The van der Waals surface area contributed by atoms with E-state index in [2.05, 4.69) is 15.0 Å². The van der Waals surface area contributed by atoms with Gasteiger partial charge in [-0.15, -0.1) is 0 Å². The lowest BCUT2D eigenvalue weighted by molar-refractivity contribution is -0.123. The van der Waals surface area contributed by atoms with Gasteiger partial charge in [0.15, 0.2) is 0 Å². The van der Waals surface area contributed by atoms with Gasteiger partial charge in [0.1, 0.15) is 12.3 Å². The molecular weight excluding hydrogens is 553 g/mol. The van der Waals surface area contributed by atoms with E-state index in [1.54, 1.807) is 31.3 Å². The second-order valence-electron chi connectivity index (χ2n) is 10.0. The van der Waals surface area contributed by atoms with Crippen LogP contribution in [0.25, 0.3) is 22.9 Å². The minimum atomic E-state index is -4.39. The molecule has 1 aromatic heterocycles. The molecule has 1 N–H and O–H groups in total. The number of aliphatic imine (C=N–C) groups is 1. The monoisotopic (exact) mass is 587 g/mol. The number of halogens is 5. The zero-order valence-corrected chi connectivity index (χ0v) is 24.1. The van der Waals surface area contributed by atoms with Gasteiger partial charge in [0.05, 0.1) is 11.3 Å². The van der Waals surface area contributed by atoms with E-state index in [0.717, 1.165) is 11.3 Å². The van der Waals surface area contributed by atoms with Crippen LogP contribution in [0.5, 0.6) is 5.75 Å². The molecule has 2 aromatic carbocycles. The number of aryl methyl sites for hydroxylation is 1. The molecule has 0 radical (unpaired) electrons. The summed E-state index contributed by atoms with van der Waals surface area (Å²) < 4.78 is 69.8. The summed E-state index contributed by atoms with van der Waals surface area (Å²) in [6.45, 7) is 5.27. The largest absolute Gasteiger partial charge is 0.435 e. The molecule has 0 saturated heterocycles. The molecule has 224 valence electrons. The minimum Gasteiger partial charge on any atom is -0.435 e. The van der Waals surface area contributed by atoms with Gasteiger partial charge in [-0.05, 0) is 84.8 Å². The van der Waals surface area contributed by atoms with Crippen molar-refractivity contribution < 1.29 is 26.7 Å². The number of ether oxygens (including phenoxy) is 1. The van der Waals surface area contributed by atoms with E-state index >= 15 is 0 Å². The van der Waals surface area contributed by atoms with Crippen LogP contribution in [-0.4, -0.2) is 30.1 Å². The van der Waals surface area contributed by atoms with E-state index in [1.807, 2.05) is 46.0 Å². The van der Waals surface area contributed by atoms with Crippen LogP contribution in [0.3, 0.4) is 0 Å². The van der Waals surface area contributed by atoms with Crippen molar-refractivity contribution in [2.75, 3.05) is 6.54 Å². The van der Waals surface area contributed by atoms with Crippen molar-refractivity contribution in [2.24, 2.45) is 10.9 Å². The molecule has 0 saturated carbocycles. The van der Waals surface area contributed by atoms with Gasteiger partial charge in [-0.25, -0.2) is 0 Å². The van der Waals surface area contributed by atoms with Gasteiger partial charge in [-0.3, -0.25) is 14.4 Å². The van der Waals surface area contributed by atoms with Crippen molar-refractivity contribution in [1.29, 1.82) is 0 Å². The Bertz CT molecular complexity index is 1520. The SMILES string of the molecule is CC/C=C(/C=C\c1cn(-c2ccc(N=CC(C)C)c(C)c2)c(=O)c(-c2ccc(OC(F)F)cc2)c1C)NCC(F)(F)F. The summed E-state index contributed by atoms with van der Waals surface area (Å²) in [5.74, 6) is 0.205. The first-order valence-corrected chi connectivity index (χ1v) is 13.4. The molecule has 0 fully saturated rings. The third kappa shape index (κ3) is 8.89. The van der Waals surface area contributed by atoms with Gasteiger partial charge in [0, 0.05) is 23.8 Å². The van der Waals surface area contributed by atoms with Gasteiger partial charge in [-0.1, -0.05) is 45.1 Å². The molecule has 0 amide bonds. The first kappa shape index (κ1) is 32.3. The third-order valence-corrected chi connectivity index (χ3v) is 6.21. The zero-order valence-electron chi connectivity index (χ0n) is 24.1. The van der Waals surface area contributed by atoms with Crippen LogP contribution in [0.15, 0.2) is 76.3 Å². The van der Waals surface area contributed by atoms with Crippen molar-refractivity contribution in [3.05, 3.63) is 93.6 Å². The van der Waals surface area contributed by atoms with E-state index in [0.29, 0.717) is 34.4 Å². The number of alkyl halides is 5. The summed E-state index contributed by atoms with van der Waals surface area (Å²) in [5.41, 5.74) is 4.01. The third-order valence-electron chi connectivity index (χ3n) is 6.21. The second kappa shape index (κ2) is 14.1. The van der Waals surface area contributed by atoms with Crippen LogP contribution in [0.4, 0.5) is 27.6 Å². The summed E-state index contributed by atoms with van der Waals surface area (Å²) in [6.07, 6.45) is 4.39. The first-order chi connectivity index (χ1) is 19.8. The van der Waals surface area contributed by atoms with Crippen molar-refractivity contribution in [2.45, 2.75) is 53.8 Å². The summed E-state index contributed by atoms with van der Waals surface area (Å²) >= 11 is 0. The minimum absolute atomic E-state index is 0.0546. The number of aromatic nitrogens is 1. The Kier molecular flexibility index (Phi) is 10.9. The summed E-state index contributed by atoms with van der Waals surface area (Å²) in [4.78, 5) is 18.4. The van der Waals surface area contributed by atoms with Crippen LogP contribution < -0.4 is 15.6 Å². The van der Waals surface area contributed by atoms with E-state index in [1.165, 1.54) is 34.9 Å². The predicted octanol–water partition coefficient (Wildman–Crippen LogP) is 8.54. The Morgan fingerprint density at radius 3 is 2.36 bits per heavy atom. The van der Waals surface area contributed by atoms with E-state index < -0.39 is 19.3 Å². The molecule has 3 aromatic rings.